The number of nitrogens with one attached hydrogen (secondary N) is 3. The van der Waals surface area contributed by atoms with E-state index in [-0.39, 0.29) is 44.9 Å². The maximum atomic E-state index is 16.8. The van der Waals surface area contributed by atoms with Gasteiger partial charge in [0.2, 0.25) is 17.5 Å². The first-order chi connectivity index (χ1) is 30.6. The van der Waals surface area contributed by atoms with Crippen molar-refractivity contribution >= 4 is 98.0 Å². The Morgan fingerprint density at radius 3 is 2.50 bits per heavy atom. The van der Waals surface area contributed by atoms with Crippen LogP contribution in [0.15, 0.2) is 72.3 Å². The van der Waals surface area contributed by atoms with Crippen molar-refractivity contribution < 1.29 is 47.1 Å². The summed E-state index contributed by atoms with van der Waals surface area (Å²) in [6, 6.07) is 13.1. The molecule has 3 aliphatic rings. The SMILES string of the molecule is CC(C)C(=O)Nc1nc2c(ncn2[C@@H]2O[C@@H]3C(O)[C@]3(F)[C@H]2OP(=S)(OC[C@H]2O[C@@H](n3cnc4c(NC(=O)c5ccccc5)ncnc43)[C@@H](F)[C@@H]2O)SCc2ccc(Cl)cc2Cl)c(=O)[nH]1. The van der Waals surface area contributed by atoms with Crippen LogP contribution in [-0.2, 0) is 40.9 Å². The maximum Gasteiger partial charge on any atom is 0.280 e. The van der Waals surface area contributed by atoms with Crippen molar-refractivity contribution in [1.82, 2.24) is 39.0 Å². The molecule has 10 atom stereocenters. The zero-order valence-electron chi connectivity index (χ0n) is 33.1. The lowest BCUT2D eigenvalue weighted by molar-refractivity contribution is -0.118. The van der Waals surface area contributed by atoms with Crippen LogP contribution in [0, 0.1) is 5.92 Å². The number of carbonyl (C=O) groups excluding carboxylic acids is 2. The summed E-state index contributed by atoms with van der Waals surface area (Å²) < 4.78 is 60.0. The molecule has 19 nitrogen and oxygen atoms in total. The van der Waals surface area contributed by atoms with Gasteiger partial charge in [0, 0.05) is 27.3 Å². The van der Waals surface area contributed by atoms with Crippen molar-refractivity contribution in [2.45, 2.75) is 74.4 Å². The number of amides is 2. The van der Waals surface area contributed by atoms with E-state index in [2.05, 4.69) is 40.5 Å². The number of fused-ring (bicyclic) bond motifs is 3. The summed E-state index contributed by atoms with van der Waals surface area (Å²) in [5.41, 5.74) is -6.33. The second-order valence-electron chi connectivity index (χ2n) is 15.2. The number of alkyl halides is 2. The molecule has 0 bridgehead atoms. The largest absolute Gasteiger partial charge is 0.387 e. The van der Waals surface area contributed by atoms with Crippen molar-refractivity contribution in [3.05, 3.63) is 99.0 Å². The van der Waals surface area contributed by atoms with Crippen molar-refractivity contribution in [2.24, 2.45) is 5.92 Å². The number of halogens is 4. The number of carbonyl (C=O) groups is 2. The molecule has 6 heterocycles. The summed E-state index contributed by atoms with van der Waals surface area (Å²) in [5, 5.41) is 27.8. The van der Waals surface area contributed by atoms with Crippen LogP contribution in [0.4, 0.5) is 20.5 Å². The minimum absolute atomic E-state index is 0.0347. The fourth-order valence-electron chi connectivity index (χ4n) is 7.21. The fourth-order valence-corrected chi connectivity index (χ4v) is 12.1. The average Bonchev–Trinajstić information content (AvgIpc) is 3.82. The highest BCUT2D eigenvalue weighted by Crippen LogP contribution is 2.69. The molecule has 9 rings (SSSR count). The maximum absolute atomic E-state index is 16.8. The van der Waals surface area contributed by atoms with Crippen LogP contribution in [0.2, 0.25) is 10.0 Å². The second-order valence-corrected chi connectivity index (χ2v) is 22.4. The summed E-state index contributed by atoms with van der Waals surface area (Å²) in [6.07, 6.45) is -9.38. The number of aliphatic hydroxyl groups is 2. The van der Waals surface area contributed by atoms with E-state index in [1.54, 1.807) is 56.3 Å². The minimum atomic E-state index is -3.90. The summed E-state index contributed by atoms with van der Waals surface area (Å²) in [4.78, 5) is 62.0. The summed E-state index contributed by atoms with van der Waals surface area (Å²) in [7, 11) is 0. The predicted octanol–water partition coefficient (Wildman–Crippen LogP) is 5.25. The lowest BCUT2D eigenvalue weighted by atomic mass is 10.1. The second kappa shape index (κ2) is 17.4. The number of aromatic amines is 1. The molecule has 5 N–H and O–H groups in total. The monoisotopic (exact) mass is 978 g/mol. The standard InChI is InChI=1S/C38H35Cl2F2N10O9PS2/c1-16(2)32(55)49-37-48-31-24(34(57)50-37)46-15-52(31)36-28(38(42)26(54)27(38)60-36)61-62(63,64-12-18-8-9-19(39)10-20(18)40)58-11-21-25(53)22(41)35(59-21)51-14-45-23-29(43-13-44-30(23)51)47-33(56)17-6-4-3-5-7-17/h3-10,13-16,21-22,25-28,35-36,53-54H,11-12H2,1-2H3,(H,43,44,47,56)(H2,48,49,50,55,57)/t21-,22+,25-,26?,27-,28+,35-,36-,38-,62?/m1/s1. The van der Waals surface area contributed by atoms with Crippen molar-refractivity contribution in [3.8, 4) is 0 Å². The molecule has 2 aromatic carbocycles. The van der Waals surface area contributed by atoms with Gasteiger partial charge in [-0.05, 0) is 41.6 Å². The van der Waals surface area contributed by atoms with Crippen LogP contribution in [0.25, 0.3) is 22.3 Å². The molecule has 1 aliphatic carbocycles. The van der Waals surface area contributed by atoms with Crippen molar-refractivity contribution in [3.63, 3.8) is 0 Å². The van der Waals surface area contributed by atoms with E-state index in [9.17, 15) is 24.6 Å². The predicted molar refractivity (Wildman–Crippen MR) is 233 cm³/mol. The third-order valence-electron chi connectivity index (χ3n) is 10.7. The third-order valence-corrected chi connectivity index (χ3v) is 16.5. The molecule has 2 unspecified atom stereocenters. The van der Waals surface area contributed by atoms with E-state index in [4.69, 9.17) is 53.5 Å². The summed E-state index contributed by atoms with van der Waals surface area (Å²) in [5.74, 6) is -1.49. The Morgan fingerprint density at radius 1 is 1.03 bits per heavy atom. The normalized spacial score (nSPS) is 27.2. The lowest BCUT2D eigenvalue weighted by Gasteiger charge is -2.31. The molecule has 2 amide bonds. The molecule has 0 spiro atoms. The Hall–Kier alpha value is -4.52. The molecule has 26 heteroatoms. The third kappa shape index (κ3) is 8.21. The lowest BCUT2D eigenvalue weighted by Crippen LogP contribution is -2.36. The molecule has 2 aliphatic heterocycles. The van der Waals surface area contributed by atoms with Gasteiger partial charge in [0.15, 0.2) is 58.5 Å². The number of H-pyrrole nitrogens is 1. The summed E-state index contributed by atoms with van der Waals surface area (Å²) in [6.45, 7) is 2.71. The molecule has 2 saturated heterocycles. The Kier molecular flexibility index (Phi) is 12.1. The van der Waals surface area contributed by atoms with E-state index < -0.39 is 90.4 Å². The van der Waals surface area contributed by atoms with Gasteiger partial charge in [-0.15, -0.1) is 0 Å². The molecular formula is C38H35Cl2F2N10O9PS2. The van der Waals surface area contributed by atoms with Crippen LogP contribution < -0.4 is 16.2 Å². The minimum Gasteiger partial charge on any atom is -0.387 e. The number of aliphatic hydroxyl groups excluding tert-OH is 2. The van der Waals surface area contributed by atoms with Gasteiger partial charge < -0.3 is 34.1 Å². The molecule has 4 aromatic heterocycles. The van der Waals surface area contributed by atoms with E-state index in [1.165, 1.54) is 27.9 Å². The number of hydrogen-bond acceptors (Lipinski definition) is 16. The van der Waals surface area contributed by atoms with Crippen molar-refractivity contribution in [1.29, 1.82) is 0 Å². The highest BCUT2D eigenvalue weighted by molar-refractivity contribution is 8.67. The molecule has 0 radical (unpaired) electrons. The number of anilines is 2. The van der Waals surface area contributed by atoms with E-state index >= 15 is 8.78 Å². The highest BCUT2D eigenvalue weighted by atomic mass is 35.5. The van der Waals surface area contributed by atoms with E-state index in [1.807, 2.05) is 0 Å². The molecular weight excluding hydrogens is 944 g/mol. The number of ether oxygens (including phenoxy) is 2. The number of nitrogens with zero attached hydrogens (tertiary/aromatic N) is 7. The molecule has 336 valence electrons. The quantitative estimate of drug-likeness (QED) is 0.0876. The fraction of sp³-hybridized carbons (Fsp3) is 0.368. The number of imidazole rings is 2. The highest BCUT2D eigenvalue weighted by Gasteiger charge is 2.80. The van der Waals surface area contributed by atoms with Crippen LogP contribution in [-0.4, -0.2) is 110 Å². The van der Waals surface area contributed by atoms with Crippen LogP contribution in [0.1, 0.15) is 42.2 Å². The molecule has 3 fully saturated rings. The van der Waals surface area contributed by atoms with E-state index in [0.717, 1.165) is 17.7 Å². The number of hydrogen-bond donors (Lipinski definition) is 5. The first-order valence-electron chi connectivity index (χ1n) is 19.4. The van der Waals surface area contributed by atoms with E-state index in [0.29, 0.717) is 16.1 Å². The number of aromatic nitrogens is 8. The first-order valence-corrected chi connectivity index (χ1v) is 24.4. The first kappa shape index (κ1) is 44.7. The van der Waals surface area contributed by atoms with Gasteiger partial charge >= 0.3 is 0 Å². The zero-order valence-corrected chi connectivity index (χ0v) is 37.2. The topological polar surface area (TPSA) is 243 Å². The van der Waals surface area contributed by atoms with Gasteiger partial charge in [0.25, 0.3) is 11.5 Å². The van der Waals surface area contributed by atoms with Gasteiger partial charge in [0.1, 0.15) is 30.7 Å². The Morgan fingerprint density at radius 2 is 1.77 bits per heavy atom. The van der Waals surface area contributed by atoms with Gasteiger partial charge in [-0.2, -0.15) is 4.98 Å². The van der Waals surface area contributed by atoms with Gasteiger partial charge in [0.05, 0.1) is 19.3 Å². The van der Waals surface area contributed by atoms with Gasteiger partial charge in [-0.3, -0.25) is 33.8 Å². The summed E-state index contributed by atoms with van der Waals surface area (Å²) >= 11 is 19.6. The zero-order chi connectivity index (χ0) is 45.2. The van der Waals surface area contributed by atoms with Gasteiger partial charge in [-0.1, -0.05) is 72.7 Å². The number of benzene rings is 2. The number of rotatable bonds is 14. The molecule has 6 aromatic rings. The average molecular weight is 980 g/mol. The molecule has 1 saturated carbocycles. The Balaban J connectivity index is 0.987. The van der Waals surface area contributed by atoms with Crippen molar-refractivity contribution in [2.75, 3.05) is 17.2 Å². The Labute approximate surface area is 379 Å². The van der Waals surface area contributed by atoms with Crippen LogP contribution in [0.5, 0.6) is 0 Å². The smallest absolute Gasteiger partial charge is 0.280 e. The Bertz CT molecular complexity index is 2900. The van der Waals surface area contributed by atoms with Gasteiger partial charge in [-0.25, -0.2) is 28.7 Å². The van der Waals surface area contributed by atoms with Crippen LogP contribution >= 0.6 is 40.3 Å². The van der Waals surface area contributed by atoms with Crippen LogP contribution in [0.3, 0.4) is 0 Å². The molecule has 64 heavy (non-hydrogen) atoms.